The number of ether oxygens (including phenoxy) is 1. The summed E-state index contributed by atoms with van der Waals surface area (Å²) in [5.74, 6) is 0. The molecule has 0 aliphatic carbocycles. The summed E-state index contributed by atoms with van der Waals surface area (Å²) in [6.07, 6.45) is 3.37. The molecule has 2 saturated heterocycles. The monoisotopic (exact) mass is 375 g/mol. The Kier molecular flexibility index (Phi) is 5.62. The topological polar surface area (TPSA) is 70.6 Å². The predicted molar refractivity (Wildman–Crippen MR) is 101 cm³/mol. The number of fused-ring (bicyclic) bond motifs is 1. The van der Waals surface area contributed by atoms with Gasteiger partial charge >= 0.3 is 6.03 Å². The highest BCUT2D eigenvalue weighted by Crippen LogP contribution is 2.19. The Morgan fingerprint density at radius 3 is 2.92 bits per heavy atom. The standard InChI is InChI=1S/C18H25N5O2S/c24-18(19-12-14-4-5-16-17(11-14)21-26-20-16)23-6-2-1-3-15(23)13-22-7-9-25-10-8-22/h4-5,11,15H,1-3,6-10,12-13H2,(H,19,24)/t15-/m0/s1. The zero-order valence-corrected chi connectivity index (χ0v) is 15.7. The zero-order valence-electron chi connectivity index (χ0n) is 14.9. The number of carbonyl (C=O) groups is 1. The molecule has 1 atom stereocenters. The van der Waals surface area contributed by atoms with Crippen LogP contribution in [-0.2, 0) is 11.3 Å². The third kappa shape index (κ3) is 4.13. The van der Waals surface area contributed by atoms with Crippen molar-refractivity contribution in [2.24, 2.45) is 0 Å². The van der Waals surface area contributed by atoms with Crippen molar-refractivity contribution >= 4 is 28.8 Å². The van der Waals surface area contributed by atoms with Crippen molar-refractivity contribution in [1.29, 1.82) is 0 Å². The molecule has 0 spiro atoms. The van der Waals surface area contributed by atoms with Crippen molar-refractivity contribution in [2.75, 3.05) is 39.4 Å². The summed E-state index contributed by atoms with van der Waals surface area (Å²) in [7, 11) is 0. The second kappa shape index (κ2) is 8.28. The van der Waals surface area contributed by atoms with E-state index >= 15 is 0 Å². The van der Waals surface area contributed by atoms with E-state index in [0.717, 1.165) is 68.8 Å². The zero-order chi connectivity index (χ0) is 17.8. The fourth-order valence-corrected chi connectivity index (χ4v) is 4.27. The van der Waals surface area contributed by atoms with Crippen LogP contribution in [-0.4, -0.2) is 70.0 Å². The van der Waals surface area contributed by atoms with Crippen molar-refractivity contribution in [3.05, 3.63) is 23.8 Å². The number of piperidine rings is 1. The van der Waals surface area contributed by atoms with Crippen LogP contribution in [0.3, 0.4) is 0 Å². The van der Waals surface area contributed by atoms with Crippen LogP contribution in [0.4, 0.5) is 4.79 Å². The van der Waals surface area contributed by atoms with E-state index in [1.54, 1.807) is 0 Å². The highest BCUT2D eigenvalue weighted by Gasteiger charge is 2.28. The van der Waals surface area contributed by atoms with Crippen molar-refractivity contribution in [3.8, 4) is 0 Å². The predicted octanol–water partition coefficient (Wildman–Crippen LogP) is 2.09. The first kappa shape index (κ1) is 17.6. The van der Waals surface area contributed by atoms with Gasteiger partial charge in [-0.1, -0.05) is 6.07 Å². The highest BCUT2D eigenvalue weighted by molar-refractivity contribution is 7.00. The molecular weight excluding hydrogens is 350 g/mol. The average molecular weight is 375 g/mol. The SMILES string of the molecule is O=C(NCc1ccc2nsnc2c1)N1CCCC[C@H]1CN1CCOCC1. The van der Waals surface area contributed by atoms with Crippen LogP contribution in [0.1, 0.15) is 24.8 Å². The maximum absolute atomic E-state index is 12.8. The Labute approximate surface area is 157 Å². The van der Waals surface area contributed by atoms with E-state index in [-0.39, 0.29) is 6.03 Å². The minimum atomic E-state index is 0.0412. The molecule has 0 unspecified atom stereocenters. The lowest BCUT2D eigenvalue weighted by Crippen LogP contribution is -2.53. The van der Waals surface area contributed by atoms with Crippen LogP contribution >= 0.6 is 11.7 Å². The number of likely N-dealkylation sites (tertiary alicyclic amines) is 1. The van der Waals surface area contributed by atoms with E-state index < -0.39 is 0 Å². The summed E-state index contributed by atoms with van der Waals surface area (Å²) in [6.45, 7) is 5.84. The van der Waals surface area contributed by atoms with Crippen LogP contribution in [0.15, 0.2) is 18.2 Å². The minimum Gasteiger partial charge on any atom is -0.379 e. The quantitative estimate of drug-likeness (QED) is 0.886. The van der Waals surface area contributed by atoms with Gasteiger partial charge in [0.15, 0.2) is 0 Å². The van der Waals surface area contributed by atoms with Gasteiger partial charge < -0.3 is 15.0 Å². The molecule has 1 aromatic carbocycles. The molecule has 1 N–H and O–H groups in total. The number of aromatic nitrogens is 2. The number of benzene rings is 1. The normalized spacial score (nSPS) is 21.8. The number of morpholine rings is 1. The lowest BCUT2D eigenvalue weighted by atomic mass is 10.0. The van der Waals surface area contributed by atoms with E-state index in [9.17, 15) is 4.79 Å². The fraction of sp³-hybridized carbons (Fsp3) is 0.611. The molecule has 8 heteroatoms. The molecule has 0 saturated carbocycles. The second-order valence-electron chi connectivity index (χ2n) is 7.00. The van der Waals surface area contributed by atoms with Crippen LogP contribution in [0.25, 0.3) is 11.0 Å². The van der Waals surface area contributed by atoms with Crippen molar-refractivity contribution in [2.45, 2.75) is 31.8 Å². The van der Waals surface area contributed by atoms with E-state index in [1.807, 2.05) is 23.1 Å². The molecule has 2 aliphatic rings. The third-order valence-corrected chi connectivity index (χ3v) is 5.78. The largest absolute Gasteiger partial charge is 0.379 e. The number of hydrogen-bond acceptors (Lipinski definition) is 6. The number of rotatable bonds is 4. The Balaban J connectivity index is 1.35. The van der Waals surface area contributed by atoms with Gasteiger partial charge in [0.25, 0.3) is 0 Å². The smallest absolute Gasteiger partial charge is 0.317 e. The number of nitrogens with one attached hydrogen (secondary N) is 1. The molecule has 0 bridgehead atoms. The third-order valence-electron chi connectivity index (χ3n) is 5.22. The minimum absolute atomic E-state index is 0.0412. The lowest BCUT2D eigenvalue weighted by Gasteiger charge is -2.39. The van der Waals surface area contributed by atoms with Gasteiger partial charge in [0, 0.05) is 38.8 Å². The molecule has 140 valence electrons. The molecule has 2 aromatic rings. The average Bonchev–Trinajstić information content (AvgIpc) is 3.15. The Morgan fingerprint density at radius 2 is 2.04 bits per heavy atom. The van der Waals surface area contributed by atoms with Gasteiger partial charge in [-0.25, -0.2) is 4.79 Å². The number of nitrogens with zero attached hydrogens (tertiary/aromatic N) is 4. The number of hydrogen-bond donors (Lipinski definition) is 1. The highest BCUT2D eigenvalue weighted by atomic mass is 32.1. The van der Waals surface area contributed by atoms with Gasteiger partial charge in [0.05, 0.1) is 24.9 Å². The first-order chi connectivity index (χ1) is 12.8. The van der Waals surface area contributed by atoms with Crippen LogP contribution in [0.2, 0.25) is 0 Å². The molecule has 2 fully saturated rings. The van der Waals surface area contributed by atoms with Gasteiger partial charge in [-0.3, -0.25) is 4.90 Å². The molecule has 26 heavy (non-hydrogen) atoms. The summed E-state index contributed by atoms with van der Waals surface area (Å²) >= 11 is 1.22. The van der Waals surface area contributed by atoms with Crippen LogP contribution in [0.5, 0.6) is 0 Å². The summed E-state index contributed by atoms with van der Waals surface area (Å²) in [5, 5.41) is 3.09. The molecule has 2 amide bonds. The summed E-state index contributed by atoms with van der Waals surface area (Å²) in [4.78, 5) is 17.2. The molecule has 4 rings (SSSR count). The molecule has 7 nitrogen and oxygen atoms in total. The van der Waals surface area contributed by atoms with E-state index in [0.29, 0.717) is 12.6 Å². The first-order valence-electron chi connectivity index (χ1n) is 9.35. The summed E-state index contributed by atoms with van der Waals surface area (Å²) in [5.41, 5.74) is 2.86. The Morgan fingerprint density at radius 1 is 1.19 bits per heavy atom. The van der Waals surface area contributed by atoms with Crippen molar-refractivity contribution in [3.63, 3.8) is 0 Å². The van der Waals surface area contributed by atoms with Crippen LogP contribution in [0, 0.1) is 0 Å². The van der Waals surface area contributed by atoms with Gasteiger partial charge in [-0.2, -0.15) is 8.75 Å². The second-order valence-corrected chi connectivity index (χ2v) is 7.53. The van der Waals surface area contributed by atoms with Gasteiger partial charge in [-0.05, 0) is 37.0 Å². The molecule has 1 aromatic heterocycles. The fourth-order valence-electron chi connectivity index (χ4n) is 3.76. The summed E-state index contributed by atoms with van der Waals surface area (Å²) < 4.78 is 13.9. The van der Waals surface area contributed by atoms with E-state index in [2.05, 4.69) is 19.0 Å². The lowest BCUT2D eigenvalue weighted by molar-refractivity contribution is 0.0221. The molecule has 0 radical (unpaired) electrons. The Bertz CT molecular complexity index is 746. The molecule has 3 heterocycles. The van der Waals surface area contributed by atoms with Crippen LogP contribution < -0.4 is 5.32 Å². The first-order valence-corrected chi connectivity index (χ1v) is 10.1. The maximum atomic E-state index is 12.8. The number of amides is 2. The van der Waals surface area contributed by atoms with E-state index in [4.69, 9.17) is 4.74 Å². The maximum Gasteiger partial charge on any atom is 0.317 e. The Hall–Kier alpha value is -1.77. The molecule has 2 aliphatic heterocycles. The van der Waals surface area contributed by atoms with Gasteiger partial charge in [-0.15, -0.1) is 0 Å². The van der Waals surface area contributed by atoms with Gasteiger partial charge in [0.2, 0.25) is 0 Å². The van der Waals surface area contributed by atoms with Crippen molar-refractivity contribution in [1.82, 2.24) is 23.9 Å². The van der Waals surface area contributed by atoms with E-state index in [1.165, 1.54) is 18.1 Å². The number of urea groups is 1. The molecular formula is C18H25N5O2S. The van der Waals surface area contributed by atoms with Crippen molar-refractivity contribution < 1.29 is 9.53 Å². The number of carbonyl (C=O) groups excluding carboxylic acids is 1. The summed E-state index contributed by atoms with van der Waals surface area (Å²) in [6, 6.07) is 6.31. The van der Waals surface area contributed by atoms with Gasteiger partial charge in [0.1, 0.15) is 11.0 Å².